The highest BCUT2D eigenvalue weighted by Crippen LogP contribution is 2.29. The van der Waals surface area contributed by atoms with E-state index in [9.17, 15) is 0 Å². The zero-order valence-electron chi connectivity index (χ0n) is 7.36. The zero-order chi connectivity index (χ0) is 8.55. The normalized spacial score (nSPS) is 46.5. The lowest BCUT2D eigenvalue weighted by Crippen LogP contribution is -2.32. The van der Waals surface area contributed by atoms with Crippen molar-refractivity contribution >= 4 is 0 Å². The van der Waals surface area contributed by atoms with Gasteiger partial charge in [0.2, 0.25) is 0 Å². The lowest BCUT2D eigenvalue weighted by molar-refractivity contribution is -0.0267. The van der Waals surface area contributed by atoms with E-state index >= 15 is 0 Å². The predicted molar refractivity (Wildman–Crippen MR) is 41.1 cm³/mol. The van der Waals surface area contributed by atoms with Crippen molar-refractivity contribution in [3.8, 4) is 0 Å². The van der Waals surface area contributed by atoms with Crippen LogP contribution in [0.4, 0.5) is 0 Å². The third kappa shape index (κ3) is 1.15. The molecule has 0 unspecified atom stereocenters. The summed E-state index contributed by atoms with van der Waals surface area (Å²) in [7, 11) is 3.36. The van der Waals surface area contributed by atoms with Crippen LogP contribution < -0.4 is 0 Å². The SMILES string of the molecule is CO[C@@H]1CO[C@H]2[C@@H]1OC[C@H]2OC. The van der Waals surface area contributed by atoms with E-state index in [4.69, 9.17) is 18.9 Å². The van der Waals surface area contributed by atoms with E-state index < -0.39 is 0 Å². The van der Waals surface area contributed by atoms with Gasteiger partial charge in [-0.2, -0.15) is 0 Å². The first-order valence-electron chi connectivity index (χ1n) is 4.15. The molecule has 2 heterocycles. The summed E-state index contributed by atoms with van der Waals surface area (Å²) >= 11 is 0. The van der Waals surface area contributed by atoms with E-state index in [0.29, 0.717) is 13.2 Å². The third-order valence-corrected chi connectivity index (χ3v) is 2.57. The van der Waals surface area contributed by atoms with Gasteiger partial charge in [0.25, 0.3) is 0 Å². The Bertz CT molecular complexity index is 143. The molecule has 2 fully saturated rings. The van der Waals surface area contributed by atoms with Crippen molar-refractivity contribution in [1.29, 1.82) is 0 Å². The smallest absolute Gasteiger partial charge is 0.115 e. The molecule has 0 amide bonds. The maximum atomic E-state index is 5.51. The molecule has 12 heavy (non-hydrogen) atoms. The van der Waals surface area contributed by atoms with Crippen LogP contribution in [0, 0.1) is 0 Å². The van der Waals surface area contributed by atoms with Gasteiger partial charge in [-0.3, -0.25) is 0 Å². The molecule has 0 spiro atoms. The molecule has 0 aromatic heterocycles. The van der Waals surface area contributed by atoms with Crippen LogP contribution in [0.15, 0.2) is 0 Å². The monoisotopic (exact) mass is 174 g/mol. The first kappa shape index (κ1) is 8.44. The highest BCUT2D eigenvalue weighted by Gasteiger charge is 2.48. The number of rotatable bonds is 2. The van der Waals surface area contributed by atoms with Crippen LogP contribution in [0.5, 0.6) is 0 Å². The number of hydrogen-bond acceptors (Lipinski definition) is 4. The summed E-state index contributed by atoms with van der Waals surface area (Å²) in [5.41, 5.74) is 0. The molecule has 2 aliphatic rings. The number of fused-ring (bicyclic) bond motifs is 1. The highest BCUT2D eigenvalue weighted by molar-refractivity contribution is 4.95. The summed E-state index contributed by atoms with van der Waals surface area (Å²) in [4.78, 5) is 0. The molecule has 0 aliphatic carbocycles. The lowest BCUT2D eigenvalue weighted by Gasteiger charge is -2.14. The summed E-state index contributed by atoms with van der Waals surface area (Å²) < 4.78 is 21.4. The van der Waals surface area contributed by atoms with Crippen molar-refractivity contribution < 1.29 is 18.9 Å². The Balaban J connectivity index is 2.01. The van der Waals surface area contributed by atoms with E-state index in [-0.39, 0.29) is 24.4 Å². The van der Waals surface area contributed by atoms with Crippen LogP contribution in [0.25, 0.3) is 0 Å². The van der Waals surface area contributed by atoms with Crippen LogP contribution >= 0.6 is 0 Å². The largest absolute Gasteiger partial charge is 0.376 e. The molecular formula is C8H14O4. The number of ether oxygens (including phenoxy) is 4. The van der Waals surface area contributed by atoms with E-state index in [1.165, 1.54) is 0 Å². The average molecular weight is 174 g/mol. The fourth-order valence-electron chi connectivity index (χ4n) is 1.83. The number of hydrogen-bond donors (Lipinski definition) is 0. The summed E-state index contributed by atoms with van der Waals surface area (Å²) in [5, 5.41) is 0. The van der Waals surface area contributed by atoms with Gasteiger partial charge >= 0.3 is 0 Å². The van der Waals surface area contributed by atoms with Crippen molar-refractivity contribution in [1.82, 2.24) is 0 Å². The Hall–Kier alpha value is -0.160. The molecule has 2 aliphatic heterocycles. The van der Waals surface area contributed by atoms with Crippen molar-refractivity contribution in [3.05, 3.63) is 0 Å². The molecule has 0 N–H and O–H groups in total. The van der Waals surface area contributed by atoms with Crippen LogP contribution in [0.1, 0.15) is 0 Å². The molecule has 4 atom stereocenters. The second kappa shape index (κ2) is 3.30. The molecule has 0 saturated carbocycles. The molecule has 0 aromatic rings. The second-order valence-corrected chi connectivity index (χ2v) is 3.14. The molecule has 4 heteroatoms. The quantitative estimate of drug-likeness (QED) is 0.581. The van der Waals surface area contributed by atoms with Gasteiger partial charge in [0.1, 0.15) is 24.4 Å². The van der Waals surface area contributed by atoms with Gasteiger partial charge in [-0.15, -0.1) is 0 Å². The molecule has 4 nitrogen and oxygen atoms in total. The molecule has 2 saturated heterocycles. The Morgan fingerprint density at radius 1 is 0.917 bits per heavy atom. The van der Waals surface area contributed by atoms with Gasteiger partial charge in [-0.05, 0) is 0 Å². The van der Waals surface area contributed by atoms with Crippen molar-refractivity contribution in [2.24, 2.45) is 0 Å². The van der Waals surface area contributed by atoms with Crippen LogP contribution in [-0.4, -0.2) is 51.8 Å². The van der Waals surface area contributed by atoms with Crippen LogP contribution in [0.2, 0.25) is 0 Å². The minimum atomic E-state index is 0.0694. The summed E-state index contributed by atoms with van der Waals surface area (Å²) in [6.07, 6.45) is 0.296. The average Bonchev–Trinajstić information content (AvgIpc) is 2.62. The zero-order valence-corrected chi connectivity index (χ0v) is 7.36. The van der Waals surface area contributed by atoms with E-state index in [0.717, 1.165) is 0 Å². The van der Waals surface area contributed by atoms with E-state index in [1.54, 1.807) is 14.2 Å². The van der Waals surface area contributed by atoms with Crippen LogP contribution in [0.3, 0.4) is 0 Å². The molecule has 0 aromatic carbocycles. The topological polar surface area (TPSA) is 36.9 Å². The second-order valence-electron chi connectivity index (χ2n) is 3.14. The van der Waals surface area contributed by atoms with Crippen molar-refractivity contribution in [2.45, 2.75) is 24.4 Å². The van der Waals surface area contributed by atoms with Gasteiger partial charge < -0.3 is 18.9 Å². The maximum Gasteiger partial charge on any atom is 0.115 e. The first-order valence-corrected chi connectivity index (χ1v) is 4.15. The Morgan fingerprint density at radius 3 is 1.67 bits per heavy atom. The van der Waals surface area contributed by atoms with Gasteiger partial charge in [-0.1, -0.05) is 0 Å². The molecule has 0 radical (unpaired) electrons. The number of methoxy groups -OCH3 is 2. The standard InChI is InChI=1S/C8H14O4/c1-9-5-3-11-8-6(10-2)4-12-7(5)8/h5-8H,3-4H2,1-2H3/t5-,6-,7-,8-/m1/s1. The van der Waals surface area contributed by atoms with Gasteiger partial charge in [0, 0.05) is 14.2 Å². The third-order valence-electron chi connectivity index (χ3n) is 2.57. The van der Waals surface area contributed by atoms with Gasteiger partial charge in [0.15, 0.2) is 0 Å². The minimum Gasteiger partial charge on any atom is -0.376 e. The maximum absolute atomic E-state index is 5.51. The highest BCUT2D eigenvalue weighted by atomic mass is 16.6. The van der Waals surface area contributed by atoms with E-state index in [2.05, 4.69) is 0 Å². The van der Waals surface area contributed by atoms with Crippen molar-refractivity contribution in [2.75, 3.05) is 27.4 Å². The molecule has 70 valence electrons. The minimum absolute atomic E-state index is 0.0694. The molecule has 2 rings (SSSR count). The summed E-state index contributed by atoms with van der Waals surface area (Å²) in [6.45, 7) is 1.23. The molecular weight excluding hydrogens is 160 g/mol. The van der Waals surface area contributed by atoms with Crippen LogP contribution in [-0.2, 0) is 18.9 Å². The molecule has 0 bridgehead atoms. The predicted octanol–water partition coefficient (Wildman–Crippen LogP) is -0.186. The van der Waals surface area contributed by atoms with Gasteiger partial charge in [0.05, 0.1) is 13.2 Å². The van der Waals surface area contributed by atoms with E-state index in [1.807, 2.05) is 0 Å². The Labute approximate surface area is 71.7 Å². The summed E-state index contributed by atoms with van der Waals surface area (Å²) in [6, 6.07) is 0. The Morgan fingerprint density at radius 2 is 1.33 bits per heavy atom. The summed E-state index contributed by atoms with van der Waals surface area (Å²) in [5.74, 6) is 0. The van der Waals surface area contributed by atoms with Gasteiger partial charge in [-0.25, -0.2) is 0 Å². The lowest BCUT2D eigenvalue weighted by atomic mass is 10.1. The fourth-order valence-corrected chi connectivity index (χ4v) is 1.83. The Kier molecular flexibility index (Phi) is 2.32. The first-order chi connectivity index (χ1) is 5.86. The fraction of sp³-hybridized carbons (Fsp3) is 1.00. The van der Waals surface area contributed by atoms with Crippen molar-refractivity contribution in [3.63, 3.8) is 0 Å².